The molecule has 0 spiro atoms. The fourth-order valence-electron chi connectivity index (χ4n) is 1.57. The predicted molar refractivity (Wildman–Crippen MR) is 79.9 cm³/mol. The molecule has 1 amide bonds. The van der Waals surface area contributed by atoms with Crippen molar-refractivity contribution in [1.29, 1.82) is 0 Å². The maximum Gasteiger partial charge on any atom is 0.277 e. The fraction of sp³-hybridized carbons (Fsp3) is 0.500. The largest absolute Gasteiger partial charge is 0.469 e. The Balaban J connectivity index is 1.89. The third kappa shape index (κ3) is 4.10. The summed E-state index contributed by atoms with van der Waals surface area (Å²) in [6.07, 6.45) is 1.57. The number of carbonyl (C=O) groups excluding carboxylic acids is 1. The van der Waals surface area contributed by atoms with E-state index in [1.54, 1.807) is 12.3 Å². The monoisotopic (exact) mass is 309 g/mol. The summed E-state index contributed by atoms with van der Waals surface area (Å²) in [6.45, 7) is 7.94. The quantitative estimate of drug-likeness (QED) is 0.826. The Morgan fingerprint density at radius 1 is 1.38 bits per heavy atom. The molecular formula is C14H19N3O3S. The number of furan rings is 1. The first-order valence-electron chi connectivity index (χ1n) is 6.77. The number of rotatable bonds is 6. The van der Waals surface area contributed by atoms with Crippen LogP contribution in [0.3, 0.4) is 0 Å². The van der Waals surface area contributed by atoms with Gasteiger partial charge in [0.15, 0.2) is 0 Å². The van der Waals surface area contributed by atoms with Gasteiger partial charge in [-0.05, 0) is 25.8 Å². The maximum atomic E-state index is 11.8. The second-order valence-corrected chi connectivity index (χ2v) is 6.08. The Kier molecular flexibility index (Phi) is 5.06. The Hall–Kier alpha value is -1.76. The Bertz CT molecular complexity index is 606. The molecule has 2 heterocycles. The fourth-order valence-corrected chi connectivity index (χ4v) is 2.15. The van der Waals surface area contributed by atoms with Crippen LogP contribution < -0.4 is 5.32 Å². The third-order valence-electron chi connectivity index (χ3n) is 3.21. The summed E-state index contributed by atoms with van der Waals surface area (Å²) in [6, 6.07) is 1.92. The van der Waals surface area contributed by atoms with Crippen LogP contribution in [0.4, 0.5) is 0 Å². The number of aryl methyl sites for hydroxylation is 1. The molecular weight excluding hydrogens is 290 g/mol. The summed E-state index contributed by atoms with van der Waals surface area (Å²) in [5.41, 5.74) is 0.771. The molecule has 1 atom stereocenters. The van der Waals surface area contributed by atoms with Crippen LogP contribution in [0, 0.1) is 12.8 Å². The van der Waals surface area contributed by atoms with Crippen molar-refractivity contribution >= 4 is 17.7 Å². The number of nitrogens with zero attached hydrogens (tertiary/aromatic N) is 2. The molecule has 2 rings (SSSR count). The summed E-state index contributed by atoms with van der Waals surface area (Å²) < 4.78 is 10.7. The van der Waals surface area contributed by atoms with Crippen molar-refractivity contribution in [3.05, 3.63) is 18.1 Å². The number of hydrogen-bond acceptors (Lipinski definition) is 6. The highest BCUT2D eigenvalue weighted by molar-refractivity contribution is 7.99. The number of carbonyl (C=O) groups is 1. The average molecular weight is 309 g/mol. The lowest BCUT2D eigenvalue weighted by Gasteiger charge is -2.16. The van der Waals surface area contributed by atoms with E-state index < -0.39 is 0 Å². The standard InChI is InChI=1S/C14H19N3O3S/c1-8(2)9(3)15-12(18)7-21-14-17-16-13(20-14)11-5-6-19-10(11)4/h5-6,8-9H,7H2,1-4H3,(H,15,18). The molecule has 0 aliphatic rings. The second-order valence-electron chi connectivity index (χ2n) is 5.15. The highest BCUT2D eigenvalue weighted by Crippen LogP contribution is 2.26. The number of amides is 1. The number of thioether (sulfide) groups is 1. The van der Waals surface area contributed by atoms with Crippen LogP contribution in [0.15, 0.2) is 26.4 Å². The Morgan fingerprint density at radius 2 is 2.14 bits per heavy atom. The molecule has 0 bridgehead atoms. The Morgan fingerprint density at radius 3 is 2.76 bits per heavy atom. The van der Waals surface area contributed by atoms with Crippen molar-refractivity contribution in [2.24, 2.45) is 5.92 Å². The molecule has 0 radical (unpaired) electrons. The average Bonchev–Trinajstić information content (AvgIpc) is 3.04. The lowest BCUT2D eigenvalue weighted by atomic mass is 10.1. The zero-order valence-electron chi connectivity index (χ0n) is 12.5. The molecule has 7 heteroatoms. The van der Waals surface area contributed by atoms with E-state index in [1.165, 1.54) is 11.8 Å². The molecule has 6 nitrogen and oxygen atoms in total. The minimum absolute atomic E-state index is 0.0413. The number of nitrogens with one attached hydrogen (secondary N) is 1. The van der Waals surface area contributed by atoms with Gasteiger partial charge in [0.2, 0.25) is 5.91 Å². The number of hydrogen-bond donors (Lipinski definition) is 1. The van der Waals surface area contributed by atoms with Gasteiger partial charge in [0.25, 0.3) is 11.1 Å². The van der Waals surface area contributed by atoms with Gasteiger partial charge in [-0.1, -0.05) is 25.6 Å². The van der Waals surface area contributed by atoms with Gasteiger partial charge in [-0.3, -0.25) is 4.79 Å². The van der Waals surface area contributed by atoms with Crippen LogP contribution in [-0.2, 0) is 4.79 Å². The molecule has 0 aliphatic heterocycles. The van der Waals surface area contributed by atoms with Crippen molar-refractivity contribution < 1.29 is 13.6 Å². The zero-order chi connectivity index (χ0) is 15.4. The summed E-state index contributed by atoms with van der Waals surface area (Å²) in [5.74, 6) is 1.74. The van der Waals surface area contributed by atoms with Crippen molar-refractivity contribution in [3.63, 3.8) is 0 Å². The SMILES string of the molecule is Cc1occc1-c1nnc(SCC(=O)NC(C)C(C)C)o1. The first-order valence-corrected chi connectivity index (χ1v) is 7.76. The van der Waals surface area contributed by atoms with Crippen molar-refractivity contribution in [2.75, 3.05) is 5.75 Å². The predicted octanol–water partition coefficient (Wildman–Crippen LogP) is 2.89. The molecule has 0 saturated heterocycles. The zero-order valence-corrected chi connectivity index (χ0v) is 13.4. The molecule has 0 saturated carbocycles. The van der Waals surface area contributed by atoms with E-state index >= 15 is 0 Å². The summed E-state index contributed by atoms with van der Waals surface area (Å²) in [4.78, 5) is 11.8. The van der Waals surface area contributed by atoms with E-state index in [4.69, 9.17) is 8.83 Å². The lowest BCUT2D eigenvalue weighted by Crippen LogP contribution is -2.37. The maximum absolute atomic E-state index is 11.8. The smallest absolute Gasteiger partial charge is 0.277 e. The highest BCUT2D eigenvalue weighted by atomic mass is 32.2. The molecule has 1 N–H and O–H groups in total. The first kappa shape index (κ1) is 15.6. The van der Waals surface area contributed by atoms with E-state index in [0.717, 1.165) is 11.3 Å². The summed E-state index contributed by atoms with van der Waals surface area (Å²) >= 11 is 1.22. The normalized spacial score (nSPS) is 12.6. The molecule has 21 heavy (non-hydrogen) atoms. The van der Waals surface area contributed by atoms with Crippen molar-refractivity contribution in [1.82, 2.24) is 15.5 Å². The van der Waals surface area contributed by atoms with E-state index in [-0.39, 0.29) is 17.7 Å². The summed E-state index contributed by atoms with van der Waals surface area (Å²) in [5, 5.41) is 11.2. The molecule has 114 valence electrons. The minimum atomic E-state index is -0.0413. The van der Waals surface area contributed by atoms with Crippen LogP contribution in [-0.4, -0.2) is 27.9 Å². The number of aromatic nitrogens is 2. The molecule has 0 aliphatic carbocycles. The van der Waals surface area contributed by atoms with E-state index in [1.807, 2.05) is 13.8 Å². The van der Waals surface area contributed by atoms with Gasteiger partial charge in [-0.2, -0.15) is 0 Å². The third-order valence-corrected chi connectivity index (χ3v) is 4.03. The van der Waals surface area contributed by atoms with Crippen molar-refractivity contribution in [2.45, 2.75) is 39.0 Å². The van der Waals surface area contributed by atoms with Gasteiger partial charge >= 0.3 is 0 Å². The van der Waals surface area contributed by atoms with Crippen molar-refractivity contribution in [3.8, 4) is 11.5 Å². The van der Waals surface area contributed by atoms with Gasteiger partial charge in [0.1, 0.15) is 5.76 Å². The van der Waals surface area contributed by atoms with E-state index in [0.29, 0.717) is 17.0 Å². The van der Waals surface area contributed by atoms with Gasteiger partial charge in [0.05, 0.1) is 17.6 Å². The van der Waals surface area contributed by atoms with Crippen LogP contribution in [0.5, 0.6) is 0 Å². The topological polar surface area (TPSA) is 81.2 Å². The van der Waals surface area contributed by atoms with Crippen LogP contribution in [0.25, 0.3) is 11.5 Å². The molecule has 0 fully saturated rings. The van der Waals surface area contributed by atoms with Crippen LogP contribution in [0.2, 0.25) is 0 Å². The minimum Gasteiger partial charge on any atom is -0.469 e. The molecule has 2 aromatic rings. The Labute approximate surface area is 127 Å². The van der Waals surface area contributed by atoms with Gasteiger partial charge in [0, 0.05) is 6.04 Å². The summed E-state index contributed by atoms with van der Waals surface area (Å²) in [7, 11) is 0. The van der Waals surface area contributed by atoms with Gasteiger partial charge in [-0.15, -0.1) is 10.2 Å². The lowest BCUT2D eigenvalue weighted by molar-refractivity contribution is -0.119. The highest BCUT2D eigenvalue weighted by Gasteiger charge is 2.15. The second kappa shape index (κ2) is 6.80. The first-order chi connectivity index (χ1) is 9.97. The van der Waals surface area contributed by atoms with Crippen LogP contribution >= 0.6 is 11.8 Å². The van der Waals surface area contributed by atoms with Crippen LogP contribution in [0.1, 0.15) is 26.5 Å². The molecule has 1 unspecified atom stereocenters. The van der Waals surface area contributed by atoms with Gasteiger partial charge in [-0.25, -0.2) is 0 Å². The molecule has 2 aromatic heterocycles. The van der Waals surface area contributed by atoms with E-state index in [9.17, 15) is 4.79 Å². The van der Waals surface area contributed by atoms with E-state index in [2.05, 4.69) is 29.4 Å². The molecule has 0 aromatic carbocycles. The van der Waals surface area contributed by atoms with Gasteiger partial charge < -0.3 is 14.2 Å².